The first kappa shape index (κ1) is 14.3. The maximum atomic E-state index is 12.3. The van der Waals surface area contributed by atoms with Gasteiger partial charge in [0.15, 0.2) is 0 Å². The SMILES string of the molecule is O=C(NNC(=O)[C@H]1[C@H](C(=O)O)[C@@H]2C=C[C@H]1C2)c1ccccc1. The summed E-state index contributed by atoms with van der Waals surface area (Å²) in [6, 6.07) is 8.48. The van der Waals surface area contributed by atoms with Gasteiger partial charge in [0, 0.05) is 5.56 Å². The predicted molar refractivity (Wildman–Crippen MR) is 77.4 cm³/mol. The summed E-state index contributed by atoms with van der Waals surface area (Å²) in [5.74, 6) is -3.37. The number of carbonyl (C=O) groups excluding carboxylic acids is 2. The van der Waals surface area contributed by atoms with Crippen molar-refractivity contribution in [3.63, 3.8) is 0 Å². The number of benzene rings is 1. The third-order valence-corrected chi connectivity index (χ3v) is 4.38. The number of carboxylic acid groups (broad SMARTS) is 1. The highest BCUT2D eigenvalue weighted by Crippen LogP contribution is 2.48. The van der Waals surface area contributed by atoms with Crippen molar-refractivity contribution in [1.29, 1.82) is 0 Å². The fourth-order valence-corrected chi connectivity index (χ4v) is 3.38. The van der Waals surface area contributed by atoms with Gasteiger partial charge in [-0.2, -0.15) is 0 Å². The van der Waals surface area contributed by atoms with Gasteiger partial charge in [0.2, 0.25) is 5.91 Å². The van der Waals surface area contributed by atoms with Crippen molar-refractivity contribution >= 4 is 17.8 Å². The number of carbonyl (C=O) groups is 3. The summed E-state index contributed by atoms with van der Waals surface area (Å²) in [5, 5.41) is 9.31. The Hall–Kier alpha value is -2.63. The molecule has 3 rings (SSSR count). The van der Waals surface area contributed by atoms with E-state index in [0.717, 1.165) is 0 Å². The number of carboxylic acids is 1. The fraction of sp³-hybridized carbons (Fsp3) is 0.312. The molecule has 0 aromatic heterocycles. The van der Waals surface area contributed by atoms with Gasteiger partial charge in [-0.3, -0.25) is 25.2 Å². The van der Waals surface area contributed by atoms with Crippen LogP contribution in [0, 0.1) is 23.7 Å². The monoisotopic (exact) mass is 300 g/mol. The molecule has 0 unspecified atom stereocenters. The minimum Gasteiger partial charge on any atom is -0.481 e. The van der Waals surface area contributed by atoms with Crippen molar-refractivity contribution in [3.8, 4) is 0 Å². The molecular formula is C16H16N2O4. The lowest BCUT2D eigenvalue weighted by atomic mass is 9.82. The van der Waals surface area contributed by atoms with Gasteiger partial charge in [-0.15, -0.1) is 0 Å². The van der Waals surface area contributed by atoms with E-state index in [0.29, 0.717) is 12.0 Å². The lowest BCUT2D eigenvalue weighted by Gasteiger charge is -2.23. The van der Waals surface area contributed by atoms with E-state index in [1.165, 1.54) is 0 Å². The molecule has 0 spiro atoms. The lowest BCUT2D eigenvalue weighted by molar-refractivity contribution is -0.148. The van der Waals surface area contributed by atoms with Gasteiger partial charge in [-0.05, 0) is 30.4 Å². The van der Waals surface area contributed by atoms with E-state index in [9.17, 15) is 19.5 Å². The van der Waals surface area contributed by atoms with Crippen molar-refractivity contribution in [2.75, 3.05) is 0 Å². The Morgan fingerprint density at radius 2 is 1.59 bits per heavy atom. The first-order valence-electron chi connectivity index (χ1n) is 7.14. The first-order valence-corrected chi connectivity index (χ1v) is 7.14. The molecule has 1 saturated carbocycles. The van der Waals surface area contributed by atoms with E-state index in [1.807, 2.05) is 12.2 Å². The highest BCUT2D eigenvalue weighted by molar-refractivity contribution is 5.96. The van der Waals surface area contributed by atoms with E-state index >= 15 is 0 Å². The third kappa shape index (κ3) is 2.47. The molecule has 1 aromatic rings. The van der Waals surface area contributed by atoms with Crippen molar-refractivity contribution < 1.29 is 19.5 Å². The summed E-state index contributed by atoms with van der Waals surface area (Å²) in [4.78, 5) is 35.5. The zero-order valence-electron chi connectivity index (χ0n) is 11.7. The molecule has 2 amide bonds. The Morgan fingerprint density at radius 3 is 2.23 bits per heavy atom. The van der Waals surface area contributed by atoms with Crippen LogP contribution in [-0.2, 0) is 9.59 Å². The van der Waals surface area contributed by atoms with Crippen LogP contribution in [0.15, 0.2) is 42.5 Å². The molecule has 1 aromatic carbocycles. The van der Waals surface area contributed by atoms with Crippen molar-refractivity contribution in [2.24, 2.45) is 23.7 Å². The molecule has 22 heavy (non-hydrogen) atoms. The Kier molecular flexibility index (Phi) is 3.66. The molecule has 0 aliphatic heterocycles. The van der Waals surface area contributed by atoms with Gasteiger partial charge in [0.1, 0.15) is 0 Å². The average Bonchev–Trinajstić information content (AvgIpc) is 3.14. The Balaban J connectivity index is 1.64. The van der Waals surface area contributed by atoms with Crippen LogP contribution in [0.1, 0.15) is 16.8 Å². The van der Waals surface area contributed by atoms with Crippen molar-refractivity contribution in [1.82, 2.24) is 10.9 Å². The Morgan fingerprint density at radius 1 is 0.955 bits per heavy atom. The van der Waals surface area contributed by atoms with E-state index < -0.39 is 29.6 Å². The van der Waals surface area contributed by atoms with Crippen LogP contribution in [0.5, 0.6) is 0 Å². The van der Waals surface area contributed by atoms with Gasteiger partial charge in [-0.25, -0.2) is 0 Å². The minimum absolute atomic E-state index is 0.0697. The molecular weight excluding hydrogens is 284 g/mol. The van der Waals surface area contributed by atoms with Crippen LogP contribution in [0.4, 0.5) is 0 Å². The summed E-state index contributed by atoms with van der Waals surface area (Å²) in [5.41, 5.74) is 5.12. The van der Waals surface area contributed by atoms with Gasteiger partial charge < -0.3 is 5.11 Å². The minimum atomic E-state index is -0.966. The number of nitrogens with one attached hydrogen (secondary N) is 2. The number of hydrogen-bond donors (Lipinski definition) is 3. The molecule has 2 aliphatic rings. The molecule has 3 N–H and O–H groups in total. The van der Waals surface area contributed by atoms with Crippen LogP contribution >= 0.6 is 0 Å². The van der Waals surface area contributed by atoms with E-state index in [4.69, 9.17) is 0 Å². The maximum Gasteiger partial charge on any atom is 0.307 e. The van der Waals surface area contributed by atoms with Crippen LogP contribution in [0.2, 0.25) is 0 Å². The molecule has 1 fully saturated rings. The zero-order chi connectivity index (χ0) is 15.7. The summed E-state index contributed by atoms with van der Waals surface area (Å²) in [6.07, 6.45) is 4.45. The smallest absolute Gasteiger partial charge is 0.307 e. The summed E-state index contributed by atoms with van der Waals surface area (Å²) < 4.78 is 0. The average molecular weight is 300 g/mol. The number of rotatable bonds is 3. The Labute approximate surface area is 127 Å². The molecule has 0 saturated heterocycles. The Bertz CT molecular complexity index is 641. The summed E-state index contributed by atoms with van der Waals surface area (Å²) in [7, 11) is 0. The second-order valence-corrected chi connectivity index (χ2v) is 5.65. The maximum absolute atomic E-state index is 12.3. The predicted octanol–water partition coefficient (Wildman–Crippen LogP) is 0.970. The molecule has 0 radical (unpaired) electrons. The van der Waals surface area contributed by atoms with Gasteiger partial charge in [0.25, 0.3) is 5.91 Å². The summed E-state index contributed by atoms with van der Waals surface area (Å²) in [6.45, 7) is 0. The molecule has 4 atom stereocenters. The number of amides is 2. The zero-order valence-corrected chi connectivity index (χ0v) is 11.7. The number of fused-ring (bicyclic) bond motifs is 2. The van der Waals surface area contributed by atoms with Crippen LogP contribution in [-0.4, -0.2) is 22.9 Å². The quantitative estimate of drug-likeness (QED) is 0.572. The third-order valence-electron chi connectivity index (χ3n) is 4.38. The van der Waals surface area contributed by atoms with Gasteiger partial charge in [-0.1, -0.05) is 30.4 Å². The normalized spacial score (nSPS) is 28.4. The molecule has 2 aliphatic carbocycles. The van der Waals surface area contributed by atoms with Crippen molar-refractivity contribution in [2.45, 2.75) is 6.42 Å². The number of hydrazine groups is 1. The van der Waals surface area contributed by atoms with E-state index in [1.54, 1.807) is 30.3 Å². The lowest BCUT2D eigenvalue weighted by Crippen LogP contribution is -2.48. The standard InChI is InChI=1S/C16H16N2O4/c19-14(9-4-2-1-3-5-9)17-18-15(20)12-10-6-7-11(8-10)13(12)16(21)22/h1-7,10-13H,8H2,(H,17,19)(H,18,20)(H,21,22)/t10-,11+,12+,13+/m0/s1. The fourth-order valence-electron chi connectivity index (χ4n) is 3.38. The first-order chi connectivity index (χ1) is 10.6. The molecule has 114 valence electrons. The van der Waals surface area contributed by atoms with Crippen molar-refractivity contribution in [3.05, 3.63) is 48.0 Å². The summed E-state index contributed by atoms with van der Waals surface area (Å²) >= 11 is 0. The number of aliphatic carboxylic acids is 1. The van der Waals surface area contributed by atoms with Crippen LogP contribution < -0.4 is 10.9 Å². The molecule has 6 heteroatoms. The van der Waals surface area contributed by atoms with Gasteiger partial charge in [0.05, 0.1) is 11.8 Å². The topological polar surface area (TPSA) is 95.5 Å². The highest BCUT2D eigenvalue weighted by Gasteiger charge is 2.51. The van der Waals surface area contributed by atoms with Crippen LogP contribution in [0.3, 0.4) is 0 Å². The largest absolute Gasteiger partial charge is 0.481 e. The molecule has 0 heterocycles. The van der Waals surface area contributed by atoms with E-state index in [2.05, 4.69) is 10.9 Å². The van der Waals surface area contributed by atoms with Gasteiger partial charge >= 0.3 is 5.97 Å². The molecule has 2 bridgehead atoms. The number of hydrogen-bond acceptors (Lipinski definition) is 3. The highest BCUT2D eigenvalue weighted by atomic mass is 16.4. The molecule has 6 nitrogen and oxygen atoms in total. The van der Waals surface area contributed by atoms with Crippen LogP contribution in [0.25, 0.3) is 0 Å². The second-order valence-electron chi connectivity index (χ2n) is 5.65. The number of allylic oxidation sites excluding steroid dienone is 2. The second kappa shape index (κ2) is 5.63. The van der Waals surface area contributed by atoms with E-state index in [-0.39, 0.29) is 11.8 Å².